The van der Waals surface area contributed by atoms with E-state index in [1.165, 1.54) is 11.3 Å². The first kappa shape index (κ1) is 14.0. The Kier molecular flexibility index (Phi) is 4.55. The van der Waals surface area contributed by atoms with Gasteiger partial charge in [0.15, 0.2) is 0 Å². The van der Waals surface area contributed by atoms with Gasteiger partial charge in [-0.05, 0) is 0 Å². The second-order valence-corrected chi connectivity index (χ2v) is 4.91. The summed E-state index contributed by atoms with van der Waals surface area (Å²) in [4.78, 5) is 4.41. The first-order valence-corrected chi connectivity index (χ1v) is 6.70. The first-order valence-electron chi connectivity index (χ1n) is 5.82. The van der Waals surface area contributed by atoms with Crippen LogP contribution in [0.25, 0.3) is 10.6 Å². The van der Waals surface area contributed by atoms with Gasteiger partial charge in [-0.25, -0.2) is 4.98 Å². The molecule has 0 aliphatic heterocycles. The molecule has 0 saturated carbocycles. The highest BCUT2D eigenvalue weighted by atomic mass is 32.1. The zero-order chi connectivity index (χ0) is 13.7. The monoisotopic (exact) mass is 286 g/mol. The summed E-state index contributed by atoms with van der Waals surface area (Å²) in [6, 6.07) is 9.72. The molecule has 0 amide bonds. The van der Waals surface area contributed by atoms with Crippen LogP contribution in [0.15, 0.2) is 35.7 Å². The Labute approximate surface area is 113 Å². The van der Waals surface area contributed by atoms with Crippen molar-refractivity contribution in [2.45, 2.75) is 12.6 Å². The van der Waals surface area contributed by atoms with E-state index >= 15 is 0 Å². The number of hydrogen-bond donors (Lipinski definition) is 1. The Balaban J connectivity index is 1.85. The van der Waals surface area contributed by atoms with Crippen molar-refractivity contribution in [2.24, 2.45) is 0 Å². The smallest absolute Gasteiger partial charge is 0.308 e. The van der Waals surface area contributed by atoms with Gasteiger partial charge >= 0.3 is 6.18 Å². The third-order valence-electron chi connectivity index (χ3n) is 2.46. The molecular weight excluding hydrogens is 273 g/mol. The first-order chi connectivity index (χ1) is 9.04. The molecule has 102 valence electrons. The van der Waals surface area contributed by atoms with Crippen LogP contribution in [0.1, 0.15) is 5.69 Å². The highest BCUT2D eigenvalue weighted by Gasteiger charge is 2.25. The van der Waals surface area contributed by atoms with Crippen molar-refractivity contribution in [1.29, 1.82) is 0 Å². The maximum Gasteiger partial charge on any atom is 0.401 e. The van der Waals surface area contributed by atoms with Gasteiger partial charge in [0, 0.05) is 23.9 Å². The van der Waals surface area contributed by atoms with Crippen LogP contribution in [0.3, 0.4) is 0 Å². The summed E-state index contributed by atoms with van der Waals surface area (Å²) in [6.07, 6.45) is -3.66. The van der Waals surface area contributed by atoms with Gasteiger partial charge < -0.3 is 5.32 Å². The minimum Gasteiger partial charge on any atom is -0.308 e. The van der Waals surface area contributed by atoms with Crippen LogP contribution < -0.4 is 5.32 Å². The van der Waals surface area contributed by atoms with Crippen LogP contribution in [-0.2, 0) is 6.42 Å². The minimum atomic E-state index is -4.16. The lowest BCUT2D eigenvalue weighted by Crippen LogP contribution is -2.30. The molecular formula is C13H13F3N2S. The van der Waals surface area contributed by atoms with Crippen molar-refractivity contribution in [2.75, 3.05) is 13.1 Å². The Bertz CT molecular complexity index is 508. The second-order valence-electron chi connectivity index (χ2n) is 4.05. The lowest BCUT2D eigenvalue weighted by molar-refractivity contribution is -0.124. The maximum atomic E-state index is 11.9. The molecule has 19 heavy (non-hydrogen) atoms. The van der Waals surface area contributed by atoms with Crippen molar-refractivity contribution >= 4 is 11.3 Å². The molecule has 1 N–H and O–H groups in total. The SMILES string of the molecule is FC(F)(F)CNCCc1csc(-c2ccccc2)n1. The summed E-state index contributed by atoms with van der Waals surface area (Å²) in [5, 5.41) is 5.14. The Morgan fingerprint density at radius 2 is 1.89 bits per heavy atom. The maximum absolute atomic E-state index is 11.9. The molecule has 6 heteroatoms. The molecule has 2 nitrogen and oxygen atoms in total. The van der Waals surface area contributed by atoms with Crippen LogP contribution in [0.5, 0.6) is 0 Å². The fourth-order valence-electron chi connectivity index (χ4n) is 1.58. The highest BCUT2D eigenvalue weighted by Crippen LogP contribution is 2.23. The molecule has 0 aliphatic carbocycles. The van der Waals surface area contributed by atoms with E-state index in [1.54, 1.807) is 0 Å². The number of rotatable bonds is 5. The molecule has 0 bridgehead atoms. The van der Waals surface area contributed by atoms with Crippen LogP contribution in [0.4, 0.5) is 13.2 Å². The second kappa shape index (κ2) is 6.16. The van der Waals surface area contributed by atoms with Crippen molar-refractivity contribution < 1.29 is 13.2 Å². The number of nitrogens with zero attached hydrogens (tertiary/aromatic N) is 1. The molecule has 0 unspecified atom stereocenters. The Hall–Kier alpha value is -1.40. The van der Waals surface area contributed by atoms with Gasteiger partial charge in [0.1, 0.15) is 5.01 Å². The summed E-state index contributed by atoms with van der Waals surface area (Å²) >= 11 is 1.51. The van der Waals surface area contributed by atoms with Crippen LogP contribution >= 0.6 is 11.3 Å². The third-order valence-corrected chi connectivity index (χ3v) is 3.40. The van der Waals surface area contributed by atoms with E-state index in [1.807, 2.05) is 35.7 Å². The molecule has 0 fully saturated rings. The summed E-state index contributed by atoms with van der Waals surface area (Å²) in [6.45, 7) is -0.680. The minimum absolute atomic E-state index is 0.275. The molecule has 2 rings (SSSR count). The van der Waals surface area contributed by atoms with Crippen LogP contribution in [0.2, 0.25) is 0 Å². The number of hydrogen-bond acceptors (Lipinski definition) is 3. The van der Waals surface area contributed by atoms with Crippen LogP contribution in [0, 0.1) is 0 Å². The van der Waals surface area contributed by atoms with E-state index < -0.39 is 12.7 Å². The zero-order valence-corrected chi connectivity index (χ0v) is 10.9. The van der Waals surface area contributed by atoms with E-state index in [9.17, 15) is 13.2 Å². The van der Waals surface area contributed by atoms with Crippen molar-refractivity contribution in [3.63, 3.8) is 0 Å². The van der Waals surface area contributed by atoms with Gasteiger partial charge in [-0.3, -0.25) is 0 Å². The van der Waals surface area contributed by atoms with Crippen molar-refractivity contribution in [3.05, 3.63) is 41.4 Å². The highest BCUT2D eigenvalue weighted by molar-refractivity contribution is 7.13. The number of benzene rings is 1. The van der Waals surface area contributed by atoms with E-state index in [0.717, 1.165) is 16.3 Å². The number of thiazole rings is 1. The quantitative estimate of drug-likeness (QED) is 0.851. The molecule has 0 spiro atoms. The van der Waals surface area contributed by atoms with Crippen molar-refractivity contribution in [3.8, 4) is 10.6 Å². The Morgan fingerprint density at radius 1 is 1.16 bits per heavy atom. The average molecular weight is 286 g/mol. The van der Waals surface area contributed by atoms with Gasteiger partial charge in [0.2, 0.25) is 0 Å². The third kappa shape index (κ3) is 4.65. The number of alkyl halides is 3. The average Bonchev–Trinajstić information content (AvgIpc) is 2.83. The molecule has 1 aromatic heterocycles. The topological polar surface area (TPSA) is 24.9 Å². The largest absolute Gasteiger partial charge is 0.401 e. The zero-order valence-electron chi connectivity index (χ0n) is 10.1. The molecule has 0 radical (unpaired) electrons. The lowest BCUT2D eigenvalue weighted by Gasteiger charge is -2.06. The predicted molar refractivity (Wildman–Crippen MR) is 70.2 cm³/mol. The van der Waals surface area contributed by atoms with E-state index in [-0.39, 0.29) is 6.54 Å². The van der Waals surface area contributed by atoms with Gasteiger partial charge in [-0.15, -0.1) is 11.3 Å². The number of nitrogens with one attached hydrogen (secondary N) is 1. The lowest BCUT2D eigenvalue weighted by atomic mass is 10.2. The predicted octanol–water partition coefficient (Wildman–Crippen LogP) is 3.50. The fraction of sp³-hybridized carbons (Fsp3) is 0.308. The molecule has 1 heterocycles. The molecule has 1 aromatic carbocycles. The summed E-state index contributed by atoms with van der Waals surface area (Å²) < 4.78 is 35.8. The van der Waals surface area contributed by atoms with E-state index in [0.29, 0.717) is 6.42 Å². The number of halogens is 3. The summed E-state index contributed by atoms with van der Waals surface area (Å²) in [5.74, 6) is 0. The molecule has 2 aromatic rings. The normalized spacial score (nSPS) is 11.7. The van der Waals surface area contributed by atoms with Gasteiger partial charge in [-0.1, -0.05) is 30.3 Å². The van der Waals surface area contributed by atoms with E-state index in [2.05, 4.69) is 10.3 Å². The standard InChI is InChI=1S/C13H13F3N2S/c14-13(15,16)9-17-7-6-11-8-19-12(18-11)10-4-2-1-3-5-10/h1-5,8,17H,6-7,9H2. The summed E-state index contributed by atoms with van der Waals surface area (Å²) in [7, 11) is 0. The molecule has 0 aliphatic rings. The molecule has 0 atom stereocenters. The van der Waals surface area contributed by atoms with Gasteiger partial charge in [0.05, 0.1) is 12.2 Å². The van der Waals surface area contributed by atoms with Crippen molar-refractivity contribution in [1.82, 2.24) is 10.3 Å². The van der Waals surface area contributed by atoms with Crippen LogP contribution in [-0.4, -0.2) is 24.2 Å². The van der Waals surface area contributed by atoms with E-state index in [4.69, 9.17) is 0 Å². The molecule has 0 saturated heterocycles. The number of aromatic nitrogens is 1. The van der Waals surface area contributed by atoms with Gasteiger partial charge in [0.25, 0.3) is 0 Å². The van der Waals surface area contributed by atoms with Gasteiger partial charge in [-0.2, -0.15) is 13.2 Å². The fourth-order valence-corrected chi connectivity index (χ4v) is 2.44. The Morgan fingerprint density at radius 3 is 2.58 bits per heavy atom. The summed E-state index contributed by atoms with van der Waals surface area (Å²) in [5.41, 5.74) is 1.85.